The van der Waals surface area contributed by atoms with Gasteiger partial charge in [-0.15, -0.1) is 0 Å². The minimum Gasteiger partial charge on any atom is -0.461 e. The highest BCUT2D eigenvalue weighted by atomic mass is 79.9. The molecule has 16 heavy (non-hydrogen) atoms. The normalized spacial score (nSPS) is 10.8. The first kappa shape index (κ1) is 13.2. The van der Waals surface area contributed by atoms with Crippen LogP contribution in [0.2, 0.25) is 0 Å². The summed E-state index contributed by atoms with van der Waals surface area (Å²) in [4.78, 5) is 13.7. The van der Waals surface area contributed by atoms with Gasteiger partial charge in [0.2, 0.25) is 0 Å². The summed E-state index contributed by atoms with van der Waals surface area (Å²) in [6.07, 6.45) is 1.61. The zero-order valence-electron chi connectivity index (χ0n) is 9.73. The first-order chi connectivity index (χ1) is 7.56. The summed E-state index contributed by atoms with van der Waals surface area (Å²) in [5.41, 5.74) is 0.476. The van der Waals surface area contributed by atoms with E-state index in [4.69, 9.17) is 4.74 Å². The van der Waals surface area contributed by atoms with Gasteiger partial charge in [-0.2, -0.15) is 5.10 Å². The van der Waals surface area contributed by atoms with Crippen molar-refractivity contribution in [1.82, 2.24) is 14.7 Å². The highest BCUT2D eigenvalue weighted by Crippen LogP contribution is 2.17. The van der Waals surface area contributed by atoms with Gasteiger partial charge in [-0.1, -0.05) is 0 Å². The number of aromatic nitrogens is 2. The Labute approximate surface area is 103 Å². The molecule has 0 N–H and O–H groups in total. The van der Waals surface area contributed by atoms with Crippen LogP contribution in [0, 0.1) is 0 Å². The fourth-order valence-electron chi connectivity index (χ4n) is 1.23. The molecule has 0 saturated heterocycles. The van der Waals surface area contributed by atoms with Crippen molar-refractivity contribution in [3.05, 3.63) is 16.4 Å². The Hall–Kier alpha value is -0.880. The molecule has 0 saturated carbocycles. The highest BCUT2D eigenvalue weighted by Gasteiger charge is 2.17. The van der Waals surface area contributed by atoms with Gasteiger partial charge in [-0.3, -0.25) is 4.68 Å². The Morgan fingerprint density at radius 3 is 2.88 bits per heavy atom. The second kappa shape index (κ2) is 6.00. The van der Waals surface area contributed by atoms with Crippen molar-refractivity contribution in [3.63, 3.8) is 0 Å². The van der Waals surface area contributed by atoms with E-state index in [2.05, 4.69) is 21.0 Å². The summed E-state index contributed by atoms with van der Waals surface area (Å²) in [6, 6.07) is 0. The summed E-state index contributed by atoms with van der Waals surface area (Å²) in [6.45, 7) is 3.63. The van der Waals surface area contributed by atoms with Gasteiger partial charge in [-0.05, 0) is 36.9 Å². The third kappa shape index (κ3) is 3.31. The number of likely N-dealkylation sites (N-methyl/N-ethyl adjacent to an activating group) is 1. The van der Waals surface area contributed by atoms with Crippen molar-refractivity contribution < 1.29 is 9.53 Å². The van der Waals surface area contributed by atoms with Crippen molar-refractivity contribution in [3.8, 4) is 0 Å². The standard InChI is InChI=1S/C10H16BrN3O2/c1-4-16-10(15)9-8(11)7-12-14(9)6-5-13(2)3/h7H,4-6H2,1-3H3. The largest absolute Gasteiger partial charge is 0.461 e. The van der Waals surface area contributed by atoms with Crippen LogP contribution in [0.4, 0.5) is 0 Å². The van der Waals surface area contributed by atoms with Crippen LogP contribution in [-0.2, 0) is 11.3 Å². The van der Waals surface area contributed by atoms with Crippen molar-refractivity contribution in [1.29, 1.82) is 0 Å². The van der Waals surface area contributed by atoms with E-state index in [0.717, 1.165) is 6.54 Å². The van der Waals surface area contributed by atoms with Crippen LogP contribution in [0.5, 0.6) is 0 Å². The average molecular weight is 290 g/mol. The SMILES string of the molecule is CCOC(=O)c1c(Br)cnn1CCN(C)C. The predicted molar refractivity (Wildman–Crippen MR) is 64.4 cm³/mol. The lowest BCUT2D eigenvalue weighted by Gasteiger charge is -2.11. The van der Waals surface area contributed by atoms with E-state index in [9.17, 15) is 4.79 Å². The molecule has 1 heterocycles. The van der Waals surface area contributed by atoms with Crippen molar-refractivity contribution in [2.75, 3.05) is 27.2 Å². The van der Waals surface area contributed by atoms with Gasteiger partial charge in [-0.25, -0.2) is 4.79 Å². The molecule has 5 nitrogen and oxygen atoms in total. The molecule has 0 aliphatic heterocycles. The molecular weight excluding hydrogens is 274 g/mol. The van der Waals surface area contributed by atoms with Gasteiger partial charge in [0.15, 0.2) is 5.69 Å². The maximum absolute atomic E-state index is 11.7. The Kier molecular flexibility index (Phi) is 4.95. The van der Waals surface area contributed by atoms with E-state index in [1.165, 1.54) is 0 Å². The first-order valence-corrected chi connectivity index (χ1v) is 5.88. The number of carbonyl (C=O) groups excluding carboxylic acids is 1. The summed E-state index contributed by atoms with van der Waals surface area (Å²) >= 11 is 3.30. The molecule has 0 amide bonds. The molecule has 1 aromatic heterocycles. The molecular formula is C10H16BrN3O2. The Morgan fingerprint density at radius 1 is 1.62 bits per heavy atom. The lowest BCUT2D eigenvalue weighted by Crippen LogP contribution is -2.22. The van der Waals surface area contributed by atoms with E-state index in [-0.39, 0.29) is 5.97 Å². The van der Waals surface area contributed by atoms with E-state index in [1.807, 2.05) is 19.0 Å². The van der Waals surface area contributed by atoms with Gasteiger partial charge in [0.25, 0.3) is 0 Å². The van der Waals surface area contributed by atoms with Crippen molar-refractivity contribution in [2.45, 2.75) is 13.5 Å². The van der Waals surface area contributed by atoms with Gasteiger partial charge in [0.1, 0.15) is 0 Å². The molecule has 0 aliphatic rings. The summed E-state index contributed by atoms with van der Waals surface area (Å²) < 4.78 is 7.30. The van der Waals surface area contributed by atoms with Crippen LogP contribution in [0.3, 0.4) is 0 Å². The third-order valence-corrected chi connectivity index (χ3v) is 2.60. The van der Waals surface area contributed by atoms with Crippen LogP contribution in [0.1, 0.15) is 17.4 Å². The number of esters is 1. The maximum atomic E-state index is 11.7. The number of hydrogen-bond donors (Lipinski definition) is 0. The van der Waals surface area contributed by atoms with Crippen LogP contribution in [0.25, 0.3) is 0 Å². The van der Waals surface area contributed by atoms with E-state index < -0.39 is 0 Å². The third-order valence-electron chi connectivity index (χ3n) is 2.02. The number of ether oxygens (including phenoxy) is 1. The molecule has 0 atom stereocenters. The quantitative estimate of drug-likeness (QED) is 0.769. The van der Waals surface area contributed by atoms with E-state index in [1.54, 1.807) is 17.8 Å². The fraction of sp³-hybridized carbons (Fsp3) is 0.600. The number of nitrogens with zero attached hydrogens (tertiary/aromatic N) is 3. The van der Waals surface area contributed by atoms with Crippen LogP contribution < -0.4 is 0 Å². The lowest BCUT2D eigenvalue weighted by molar-refractivity contribution is 0.0510. The highest BCUT2D eigenvalue weighted by molar-refractivity contribution is 9.10. The average Bonchev–Trinajstić information content (AvgIpc) is 2.57. The summed E-state index contributed by atoms with van der Waals surface area (Å²) in [7, 11) is 3.95. The molecule has 0 unspecified atom stereocenters. The monoisotopic (exact) mass is 289 g/mol. The molecule has 0 radical (unpaired) electrons. The van der Waals surface area contributed by atoms with Gasteiger partial charge >= 0.3 is 5.97 Å². The lowest BCUT2D eigenvalue weighted by atomic mass is 10.4. The molecule has 0 aromatic carbocycles. The van der Waals surface area contributed by atoms with Crippen molar-refractivity contribution in [2.24, 2.45) is 0 Å². The summed E-state index contributed by atoms with van der Waals surface area (Å²) in [5, 5.41) is 4.13. The Morgan fingerprint density at radius 2 is 2.31 bits per heavy atom. The molecule has 0 spiro atoms. The molecule has 0 fully saturated rings. The smallest absolute Gasteiger partial charge is 0.357 e. The van der Waals surface area contributed by atoms with E-state index in [0.29, 0.717) is 23.3 Å². The zero-order chi connectivity index (χ0) is 12.1. The number of carbonyl (C=O) groups is 1. The minimum absolute atomic E-state index is 0.342. The van der Waals surface area contributed by atoms with Gasteiger partial charge in [0, 0.05) is 6.54 Å². The zero-order valence-corrected chi connectivity index (χ0v) is 11.3. The second-order valence-corrected chi connectivity index (χ2v) is 4.44. The molecule has 6 heteroatoms. The molecule has 0 bridgehead atoms. The molecule has 1 rings (SSSR count). The topological polar surface area (TPSA) is 47.4 Å². The Balaban J connectivity index is 2.81. The number of halogens is 1. The van der Waals surface area contributed by atoms with Crippen molar-refractivity contribution >= 4 is 21.9 Å². The van der Waals surface area contributed by atoms with Crippen LogP contribution in [0.15, 0.2) is 10.7 Å². The summed E-state index contributed by atoms with van der Waals surface area (Å²) in [5.74, 6) is -0.342. The first-order valence-electron chi connectivity index (χ1n) is 5.09. The maximum Gasteiger partial charge on any atom is 0.357 e. The van der Waals surface area contributed by atoms with Crippen LogP contribution in [-0.4, -0.2) is 47.9 Å². The fourth-order valence-corrected chi connectivity index (χ4v) is 1.69. The van der Waals surface area contributed by atoms with Gasteiger partial charge in [0.05, 0.1) is 23.8 Å². The predicted octanol–water partition coefficient (Wildman–Crippen LogP) is 1.38. The minimum atomic E-state index is -0.342. The van der Waals surface area contributed by atoms with Crippen LogP contribution >= 0.6 is 15.9 Å². The molecule has 1 aromatic rings. The number of hydrogen-bond acceptors (Lipinski definition) is 4. The number of rotatable bonds is 5. The molecule has 0 aliphatic carbocycles. The molecule has 90 valence electrons. The van der Waals surface area contributed by atoms with E-state index >= 15 is 0 Å². The Bertz CT molecular complexity index is 363. The van der Waals surface area contributed by atoms with Gasteiger partial charge < -0.3 is 9.64 Å². The second-order valence-electron chi connectivity index (χ2n) is 3.59.